The van der Waals surface area contributed by atoms with E-state index in [0.29, 0.717) is 6.17 Å². The summed E-state index contributed by atoms with van der Waals surface area (Å²) in [7, 11) is 0. The molecule has 1 unspecified atom stereocenters. The Morgan fingerprint density at radius 3 is 3.27 bits per heavy atom. The van der Waals surface area contributed by atoms with Crippen molar-refractivity contribution in [2.75, 3.05) is 13.1 Å². The first-order chi connectivity index (χ1) is 5.47. The molecular formula is C9H17N2+. The first-order valence-corrected chi connectivity index (χ1v) is 4.79. The standard InChI is InChI=1S/C9H17N2/c1-3-7-11-8-4-2-6-10-9(11)5-1/h8-10H,1-7H2/q+1. The monoisotopic (exact) mass is 153 g/mol. The van der Waals surface area contributed by atoms with Crippen molar-refractivity contribution in [1.82, 2.24) is 5.32 Å². The van der Waals surface area contributed by atoms with E-state index in [2.05, 4.69) is 16.1 Å². The number of fused-ring (bicyclic) bond motifs is 1. The highest BCUT2D eigenvalue weighted by Crippen LogP contribution is 2.11. The molecule has 1 fully saturated rings. The maximum Gasteiger partial charge on any atom is 0.206 e. The predicted octanol–water partition coefficient (Wildman–Crippen LogP) is 0.963. The van der Waals surface area contributed by atoms with Gasteiger partial charge in [-0.1, -0.05) is 0 Å². The normalized spacial score (nSPS) is 32.0. The molecule has 1 saturated heterocycles. The summed E-state index contributed by atoms with van der Waals surface area (Å²) in [6.45, 7) is 2.48. The van der Waals surface area contributed by atoms with Crippen LogP contribution in [0.15, 0.2) is 0 Å². The lowest BCUT2D eigenvalue weighted by molar-refractivity contribution is -0.578. The average Bonchev–Trinajstić information content (AvgIpc) is 2.28. The highest BCUT2D eigenvalue weighted by atomic mass is 15.2. The van der Waals surface area contributed by atoms with E-state index in [1.807, 2.05) is 0 Å². The van der Waals surface area contributed by atoms with Gasteiger partial charge in [0.2, 0.25) is 6.17 Å². The molecule has 2 rings (SSSR count). The Morgan fingerprint density at radius 2 is 2.27 bits per heavy atom. The molecule has 0 aliphatic carbocycles. The topological polar surface area (TPSA) is 15.0 Å². The molecule has 2 nitrogen and oxygen atoms in total. The molecule has 0 saturated carbocycles. The molecule has 2 heterocycles. The highest BCUT2D eigenvalue weighted by Gasteiger charge is 2.24. The van der Waals surface area contributed by atoms with E-state index in [4.69, 9.17) is 0 Å². The van der Waals surface area contributed by atoms with Gasteiger partial charge in [-0.05, 0) is 12.8 Å². The molecule has 2 heteroatoms. The second-order valence-corrected chi connectivity index (χ2v) is 3.53. The molecule has 0 amide bonds. The van der Waals surface area contributed by atoms with Crippen LogP contribution < -0.4 is 5.32 Å². The van der Waals surface area contributed by atoms with Crippen molar-refractivity contribution in [3.63, 3.8) is 0 Å². The third-order valence-electron chi connectivity index (χ3n) is 2.67. The third kappa shape index (κ3) is 1.62. The van der Waals surface area contributed by atoms with Crippen molar-refractivity contribution in [2.45, 2.75) is 38.3 Å². The van der Waals surface area contributed by atoms with E-state index in [-0.39, 0.29) is 0 Å². The van der Waals surface area contributed by atoms with Gasteiger partial charge >= 0.3 is 0 Å². The Bertz CT molecular complexity index is 163. The molecule has 11 heavy (non-hydrogen) atoms. The van der Waals surface area contributed by atoms with Crippen LogP contribution in [0.4, 0.5) is 0 Å². The van der Waals surface area contributed by atoms with Crippen molar-refractivity contribution in [1.29, 1.82) is 0 Å². The lowest BCUT2D eigenvalue weighted by Crippen LogP contribution is -2.42. The average molecular weight is 153 g/mol. The number of nitrogens with zero attached hydrogens (tertiary/aromatic N) is 1. The third-order valence-corrected chi connectivity index (χ3v) is 2.67. The zero-order valence-electron chi connectivity index (χ0n) is 7.05. The molecular weight excluding hydrogens is 136 g/mol. The summed E-state index contributed by atoms with van der Waals surface area (Å²) in [6, 6.07) is 0. The zero-order valence-corrected chi connectivity index (χ0v) is 7.05. The summed E-state index contributed by atoms with van der Waals surface area (Å²) < 4.78 is 2.50. The maximum absolute atomic E-state index is 3.58. The first-order valence-electron chi connectivity index (χ1n) is 4.79. The van der Waals surface area contributed by atoms with E-state index in [1.54, 1.807) is 0 Å². The van der Waals surface area contributed by atoms with E-state index in [1.165, 1.54) is 45.2 Å². The Balaban J connectivity index is 2.06. The molecule has 0 aromatic heterocycles. The number of piperidine rings is 1. The van der Waals surface area contributed by atoms with Crippen LogP contribution in [-0.4, -0.2) is 30.0 Å². The van der Waals surface area contributed by atoms with Crippen LogP contribution in [0.2, 0.25) is 0 Å². The van der Waals surface area contributed by atoms with Crippen LogP contribution in [-0.2, 0) is 0 Å². The van der Waals surface area contributed by atoms with Crippen molar-refractivity contribution in [3.8, 4) is 0 Å². The van der Waals surface area contributed by atoms with Crippen LogP contribution in [0, 0.1) is 0 Å². The molecule has 0 aromatic rings. The summed E-state index contributed by atoms with van der Waals surface area (Å²) in [5.41, 5.74) is 0. The second-order valence-electron chi connectivity index (χ2n) is 3.53. The van der Waals surface area contributed by atoms with Gasteiger partial charge in [0.1, 0.15) is 12.8 Å². The minimum absolute atomic E-state index is 0.672. The van der Waals surface area contributed by atoms with Crippen LogP contribution in [0.3, 0.4) is 0 Å². The van der Waals surface area contributed by atoms with Crippen LogP contribution in [0.25, 0.3) is 0 Å². The van der Waals surface area contributed by atoms with E-state index >= 15 is 0 Å². The fourth-order valence-corrected chi connectivity index (χ4v) is 2.02. The fraction of sp³-hybridized carbons (Fsp3) is 0.889. The predicted molar refractivity (Wildman–Crippen MR) is 46.1 cm³/mol. The van der Waals surface area contributed by atoms with E-state index < -0.39 is 0 Å². The summed E-state index contributed by atoms with van der Waals surface area (Å²) in [4.78, 5) is 0. The molecule has 2 aliphatic rings. The van der Waals surface area contributed by atoms with Gasteiger partial charge in [-0.15, -0.1) is 0 Å². The Hall–Kier alpha value is -0.370. The molecule has 62 valence electrons. The largest absolute Gasteiger partial charge is 0.259 e. The molecule has 0 radical (unpaired) electrons. The van der Waals surface area contributed by atoms with Gasteiger partial charge in [-0.25, -0.2) is 4.58 Å². The lowest BCUT2D eigenvalue weighted by Gasteiger charge is -2.19. The van der Waals surface area contributed by atoms with Gasteiger partial charge in [0, 0.05) is 25.8 Å². The number of hydrogen-bond acceptors (Lipinski definition) is 1. The summed E-state index contributed by atoms with van der Waals surface area (Å²) in [5, 5.41) is 3.58. The number of hydrogen-bond donors (Lipinski definition) is 1. The van der Waals surface area contributed by atoms with Crippen molar-refractivity contribution >= 4 is 6.21 Å². The van der Waals surface area contributed by atoms with Gasteiger partial charge in [0.15, 0.2) is 0 Å². The molecule has 0 aromatic carbocycles. The van der Waals surface area contributed by atoms with Crippen LogP contribution in [0.1, 0.15) is 32.1 Å². The Labute approximate surface area is 68.3 Å². The van der Waals surface area contributed by atoms with Crippen molar-refractivity contribution in [3.05, 3.63) is 0 Å². The minimum Gasteiger partial charge on any atom is -0.259 e. The Kier molecular flexibility index (Phi) is 2.22. The van der Waals surface area contributed by atoms with Gasteiger partial charge in [0.05, 0.1) is 0 Å². The number of nitrogens with one attached hydrogen (secondary N) is 1. The highest BCUT2D eigenvalue weighted by molar-refractivity contribution is 5.51. The SMILES string of the molecule is C1=[N+]2CCCCC2NCCC1. The van der Waals surface area contributed by atoms with Gasteiger partial charge in [-0.3, -0.25) is 5.32 Å². The Morgan fingerprint density at radius 1 is 1.27 bits per heavy atom. The second kappa shape index (κ2) is 3.35. The molecule has 1 atom stereocenters. The maximum atomic E-state index is 3.58. The van der Waals surface area contributed by atoms with Gasteiger partial charge < -0.3 is 0 Å². The van der Waals surface area contributed by atoms with Gasteiger partial charge in [-0.2, -0.15) is 0 Å². The minimum atomic E-state index is 0.672. The zero-order chi connectivity index (χ0) is 7.52. The lowest BCUT2D eigenvalue weighted by atomic mass is 10.1. The summed E-state index contributed by atoms with van der Waals surface area (Å²) in [5.74, 6) is 0. The van der Waals surface area contributed by atoms with Crippen LogP contribution in [0.5, 0.6) is 0 Å². The van der Waals surface area contributed by atoms with Crippen molar-refractivity contribution in [2.24, 2.45) is 0 Å². The van der Waals surface area contributed by atoms with Gasteiger partial charge in [0.25, 0.3) is 0 Å². The quantitative estimate of drug-likeness (QED) is 0.512. The van der Waals surface area contributed by atoms with E-state index in [9.17, 15) is 0 Å². The number of rotatable bonds is 0. The summed E-state index contributed by atoms with van der Waals surface area (Å²) >= 11 is 0. The molecule has 0 bridgehead atoms. The molecule has 2 aliphatic heterocycles. The molecule has 0 spiro atoms. The van der Waals surface area contributed by atoms with Crippen molar-refractivity contribution < 1.29 is 4.58 Å². The molecule has 1 N–H and O–H groups in total. The fourth-order valence-electron chi connectivity index (χ4n) is 2.02. The first kappa shape index (κ1) is 7.29. The van der Waals surface area contributed by atoms with E-state index in [0.717, 1.165) is 0 Å². The summed E-state index contributed by atoms with van der Waals surface area (Å²) in [6.07, 6.45) is 9.78. The van der Waals surface area contributed by atoms with Crippen LogP contribution >= 0.6 is 0 Å². The smallest absolute Gasteiger partial charge is 0.206 e.